The van der Waals surface area contributed by atoms with Crippen LogP contribution in [0.2, 0.25) is 0 Å². The van der Waals surface area contributed by atoms with Gasteiger partial charge in [0.15, 0.2) is 0 Å². The fourth-order valence-corrected chi connectivity index (χ4v) is 3.91. The Bertz CT molecular complexity index is 115. The summed E-state index contributed by atoms with van der Waals surface area (Å²) in [5, 5.41) is 0. The first-order valence-corrected chi connectivity index (χ1v) is 5.84. The molecule has 0 rings (SSSR count). The molecule has 0 aliphatic rings. The van der Waals surface area contributed by atoms with Crippen LogP contribution in [0.25, 0.3) is 0 Å². The van der Waals surface area contributed by atoms with Crippen molar-refractivity contribution in [1.82, 2.24) is 0 Å². The average molecular weight is 239 g/mol. The van der Waals surface area contributed by atoms with Crippen LogP contribution in [0.5, 0.6) is 0 Å². The van der Waals surface area contributed by atoms with Gasteiger partial charge < -0.3 is 0 Å². The Morgan fingerprint density at radius 2 is 0.889 bits per heavy atom. The predicted octanol–water partition coefficient (Wildman–Crippen LogP) is 1.97. The molecule has 0 atom stereocenters. The molecule has 0 nitrogen and oxygen atoms in total. The van der Waals surface area contributed by atoms with Gasteiger partial charge in [0.2, 0.25) is 0 Å². The first kappa shape index (κ1) is 9.85. The minimum atomic E-state index is -1.49. The summed E-state index contributed by atoms with van der Waals surface area (Å²) in [7, 11) is 0. The van der Waals surface area contributed by atoms with Crippen LogP contribution in [0.3, 0.4) is 0 Å². The monoisotopic (exact) mass is 238 g/mol. The number of hydrogen-bond donors (Lipinski definition) is 0. The molecule has 0 unspecified atom stereocenters. The molecule has 0 aromatic carbocycles. The summed E-state index contributed by atoms with van der Waals surface area (Å²) >= 11 is 17.3. The summed E-state index contributed by atoms with van der Waals surface area (Å²) in [6.45, 7) is 0. The van der Waals surface area contributed by atoms with Crippen molar-refractivity contribution in [2.45, 2.75) is 0 Å². The van der Waals surface area contributed by atoms with E-state index in [1.165, 1.54) is 0 Å². The first-order valence-electron chi connectivity index (χ1n) is 1.67. The molecule has 0 radical (unpaired) electrons. The van der Waals surface area contributed by atoms with Crippen molar-refractivity contribution in [1.29, 1.82) is 0 Å². The van der Waals surface area contributed by atoms with Crippen molar-refractivity contribution >= 4 is 66.2 Å². The van der Waals surface area contributed by atoms with Crippen molar-refractivity contribution < 1.29 is 12.4 Å². The second kappa shape index (κ2) is 4.64. The second-order valence-electron chi connectivity index (χ2n) is 0.931. The third-order valence-corrected chi connectivity index (χ3v) is 6.39. The Balaban J connectivity index is 4.53. The van der Waals surface area contributed by atoms with Crippen LogP contribution < -0.4 is 0 Å². The van der Waals surface area contributed by atoms with Crippen molar-refractivity contribution in [2.24, 2.45) is 0 Å². The number of thiocarbonyl (C=S) groups is 4. The number of rotatable bonds is 4. The summed E-state index contributed by atoms with van der Waals surface area (Å²) in [5.74, 6) is 0. The standard InChI is InChI=1S/4CHS.Ni/c4*1-2;/h4*1H;. The zero-order valence-corrected chi connectivity index (χ0v) is 8.51. The fourth-order valence-electron chi connectivity index (χ4n) is 0.105. The molecule has 5 heteroatoms. The maximum absolute atomic E-state index is 4.71. The molecule has 54 valence electrons. The van der Waals surface area contributed by atoms with Crippen LogP contribution in [0.15, 0.2) is 0 Å². The van der Waals surface area contributed by atoms with Crippen LogP contribution in [0.1, 0.15) is 0 Å². The van der Waals surface area contributed by atoms with Gasteiger partial charge in [0.25, 0.3) is 0 Å². The quantitative estimate of drug-likeness (QED) is 0.543. The van der Waals surface area contributed by atoms with Crippen molar-refractivity contribution in [3.05, 3.63) is 0 Å². The summed E-state index contributed by atoms with van der Waals surface area (Å²) in [4.78, 5) is 0. The summed E-state index contributed by atoms with van der Waals surface area (Å²) < 4.78 is 6.21. The van der Waals surface area contributed by atoms with Crippen molar-refractivity contribution in [3.63, 3.8) is 0 Å². The van der Waals surface area contributed by atoms with Gasteiger partial charge in [-0.15, -0.1) is 0 Å². The second-order valence-corrected chi connectivity index (χ2v) is 6.30. The molecule has 0 heterocycles. The van der Waals surface area contributed by atoms with Gasteiger partial charge in [0.05, 0.1) is 0 Å². The van der Waals surface area contributed by atoms with E-state index in [0.29, 0.717) is 0 Å². The molecule has 0 N–H and O–H groups in total. The van der Waals surface area contributed by atoms with Crippen LogP contribution in [0, 0.1) is 0 Å². The van der Waals surface area contributed by atoms with Crippen LogP contribution in [-0.4, -0.2) is 17.3 Å². The molecule has 0 fully saturated rings. The molecule has 0 aromatic rings. The van der Waals surface area contributed by atoms with E-state index in [4.69, 9.17) is 48.9 Å². The number of hydrogen-bond acceptors (Lipinski definition) is 4. The van der Waals surface area contributed by atoms with Gasteiger partial charge in [-0.05, 0) is 0 Å². The third-order valence-electron chi connectivity index (χ3n) is 0.516. The Morgan fingerprint density at radius 1 is 0.667 bits per heavy atom. The molecule has 0 spiro atoms. The first-order chi connectivity index (χ1) is 4.24. The van der Waals surface area contributed by atoms with Gasteiger partial charge in [0.1, 0.15) is 0 Å². The van der Waals surface area contributed by atoms with Crippen LogP contribution in [-0.2, 0) is 12.4 Å². The topological polar surface area (TPSA) is 0 Å². The van der Waals surface area contributed by atoms with Gasteiger partial charge >= 0.3 is 78.6 Å². The van der Waals surface area contributed by atoms with E-state index in [1.54, 1.807) is 17.3 Å². The van der Waals surface area contributed by atoms with E-state index in [0.717, 1.165) is 0 Å². The summed E-state index contributed by atoms with van der Waals surface area (Å²) in [5.41, 5.74) is 0. The van der Waals surface area contributed by atoms with E-state index >= 15 is 0 Å². The Labute approximate surface area is 78.1 Å². The molecule has 9 heavy (non-hydrogen) atoms. The SMILES string of the molecule is S=[CH][Ni]([CH]=S)([CH]=S)[CH]=S. The van der Waals surface area contributed by atoms with E-state index in [9.17, 15) is 0 Å². The Morgan fingerprint density at radius 3 is 0.889 bits per heavy atom. The molecule has 0 amide bonds. The van der Waals surface area contributed by atoms with Crippen molar-refractivity contribution in [3.8, 4) is 0 Å². The van der Waals surface area contributed by atoms with E-state index in [1.807, 2.05) is 0 Å². The van der Waals surface area contributed by atoms with Gasteiger partial charge in [-0.2, -0.15) is 0 Å². The zero-order chi connectivity index (χ0) is 7.33. The molecule has 0 saturated heterocycles. The average Bonchev–Trinajstić information content (AvgIpc) is 1.95. The predicted molar refractivity (Wildman–Crippen MR) is 54.6 cm³/mol. The minimum absolute atomic E-state index is 1.49. The molecular formula is C4H4NiS4. The van der Waals surface area contributed by atoms with Gasteiger partial charge in [-0.25, -0.2) is 0 Å². The van der Waals surface area contributed by atoms with E-state index in [2.05, 4.69) is 0 Å². The van der Waals surface area contributed by atoms with Gasteiger partial charge in [-0.3, -0.25) is 0 Å². The van der Waals surface area contributed by atoms with Gasteiger partial charge in [-0.1, -0.05) is 0 Å². The molecule has 0 aliphatic heterocycles. The Kier molecular flexibility index (Phi) is 5.08. The van der Waals surface area contributed by atoms with Gasteiger partial charge in [0, 0.05) is 0 Å². The molecule has 0 aliphatic carbocycles. The van der Waals surface area contributed by atoms with Crippen LogP contribution >= 0.6 is 48.9 Å². The molecule has 0 bridgehead atoms. The van der Waals surface area contributed by atoms with E-state index in [-0.39, 0.29) is 0 Å². The molecule has 0 aromatic heterocycles. The zero-order valence-electron chi connectivity index (χ0n) is 4.26. The maximum atomic E-state index is 4.71. The van der Waals surface area contributed by atoms with E-state index < -0.39 is 12.4 Å². The molecular weight excluding hydrogens is 235 g/mol. The fraction of sp³-hybridized carbons (Fsp3) is 0. The van der Waals surface area contributed by atoms with Crippen LogP contribution in [0.4, 0.5) is 0 Å². The molecule has 0 saturated carbocycles. The normalized spacial score (nSPS) is 11.6. The summed E-state index contributed by atoms with van der Waals surface area (Å²) in [6, 6.07) is 0. The Hall–Kier alpha value is 0.854. The summed E-state index contributed by atoms with van der Waals surface area (Å²) in [6.07, 6.45) is 0. The third kappa shape index (κ3) is 2.52. The van der Waals surface area contributed by atoms with Crippen molar-refractivity contribution in [2.75, 3.05) is 0 Å².